The predicted molar refractivity (Wildman–Crippen MR) is 107 cm³/mol. The molecule has 0 heterocycles. The number of hydrogen-bond donors (Lipinski definition) is 3. The van der Waals surface area contributed by atoms with Crippen molar-refractivity contribution >= 4 is 21.7 Å². The maximum Gasteiger partial charge on any atom is 0.175 e. The second kappa shape index (κ2) is 6.52. The molecule has 0 bridgehead atoms. The molecular formula is C22H35BrO4. The summed E-state index contributed by atoms with van der Waals surface area (Å²) >= 11 is 3.28. The van der Waals surface area contributed by atoms with Crippen molar-refractivity contribution in [2.24, 2.45) is 40.4 Å². The molecule has 10 atom stereocenters. The van der Waals surface area contributed by atoms with Gasteiger partial charge in [-0.15, -0.1) is 0 Å². The molecule has 0 amide bonds. The third-order valence-corrected chi connectivity index (χ3v) is 10.2. The topological polar surface area (TPSA) is 77.8 Å². The number of carbonyl (C=O) groups excluding carboxylic acids is 1. The monoisotopic (exact) mass is 442 g/mol. The van der Waals surface area contributed by atoms with Crippen LogP contribution in [0.5, 0.6) is 0 Å². The Labute approximate surface area is 171 Å². The molecule has 4 fully saturated rings. The fraction of sp³-hybridized carbons (Fsp3) is 0.955. The molecule has 0 spiro atoms. The van der Waals surface area contributed by atoms with Gasteiger partial charge >= 0.3 is 0 Å². The van der Waals surface area contributed by atoms with E-state index in [0.29, 0.717) is 18.3 Å². The molecule has 0 radical (unpaired) electrons. The van der Waals surface area contributed by atoms with Gasteiger partial charge in [-0.3, -0.25) is 4.79 Å². The van der Waals surface area contributed by atoms with Crippen molar-refractivity contribution in [3.05, 3.63) is 0 Å². The Morgan fingerprint density at radius 3 is 2.52 bits per heavy atom. The molecule has 0 unspecified atom stereocenters. The van der Waals surface area contributed by atoms with Crippen LogP contribution in [0.4, 0.5) is 0 Å². The molecule has 3 N–H and O–H groups in total. The van der Waals surface area contributed by atoms with Gasteiger partial charge in [0, 0.05) is 5.41 Å². The van der Waals surface area contributed by atoms with Gasteiger partial charge in [-0.05, 0) is 80.0 Å². The SMILES string of the molecule is C[C@@H]1C[C@H]2[C@@H]3CC[C@H]4C[C@@H](O)CC[C@]4(C)[C@H]3[C@H](O)C[C@]2(C)[C@@]1(O)C(=O)CBr. The van der Waals surface area contributed by atoms with E-state index in [4.69, 9.17) is 0 Å². The van der Waals surface area contributed by atoms with Crippen LogP contribution < -0.4 is 0 Å². The van der Waals surface area contributed by atoms with Gasteiger partial charge in [0.25, 0.3) is 0 Å². The molecule has 0 aromatic carbocycles. The predicted octanol–water partition coefficient (Wildman–Crippen LogP) is 3.30. The number of ketones is 1. The van der Waals surface area contributed by atoms with Crippen LogP contribution in [0.25, 0.3) is 0 Å². The fourth-order valence-electron chi connectivity index (χ4n) is 8.39. The Morgan fingerprint density at radius 1 is 1.15 bits per heavy atom. The van der Waals surface area contributed by atoms with Gasteiger partial charge in [-0.25, -0.2) is 0 Å². The molecule has 154 valence electrons. The van der Waals surface area contributed by atoms with E-state index >= 15 is 0 Å². The molecular weight excluding hydrogens is 408 g/mol. The van der Waals surface area contributed by atoms with Crippen molar-refractivity contribution in [2.45, 2.75) is 83.5 Å². The number of aliphatic hydroxyl groups is 3. The summed E-state index contributed by atoms with van der Waals surface area (Å²) in [6.07, 6.45) is 5.47. The average Bonchev–Trinajstić information content (AvgIpc) is 2.82. The van der Waals surface area contributed by atoms with Crippen LogP contribution in [0.2, 0.25) is 0 Å². The highest BCUT2D eigenvalue weighted by molar-refractivity contribution is 9.09. The molecule has 27 heavy (non-hydrogen) atoms. The van der Waals surface area contributed by atoms with Crippen LogP contribution in [0, 0.1) is 40.4 Å². The zero-order valence-corrected chi connectivity index (χ0v) is 18.4. The lowest BCUT2D eigenvalue weighted by molar-refractivity contribution is -0.203. The molecule has 4 aliphatic rings. The minimum absolute atomic E-state index is 0.0618. The maximum absolute atomic E-state index is 12.8. The second-order valence-electron chi connectivity index (χ2n) is 10.7. The Bertz CT molecular complexity index is 625. The van der Waals surface area contributed by atoms with Gasteiger partial charge in [0.15, 0.2) is 5.78 Å². The zero-order valence-electron chi connectivity index (χ0n) is 16.8. The third-order valence-electron chi connectivity index (χ3n) is 9.70. The third kappa shape index (κ3) is 2.53. The minimum atomic E-state index is -1.35. The lowest BCUT2D eigenvalue weighted by atomic mass is 9.43. The number of carbonyl (C=O) groups is 1. The Hall–Kier alpha value is 0.0300. The van der Waals surface area contributed by atoms with Gasteiger partial charge in [0.2, 0.25) is 0 Å². The Morgan fingerprint density at radius 2 is 1.85 bits per heavy atom. The molecule has 4 aliphatic carbocycles. The van der Waals surface area contributed by atoms with Crippen molar-refractivity contribution in [1.82, 2.24) is 0 Å². The maximum atomic E-state index is 12.8. The van der Waals surface area contributed by atoms with Crippen molar-refractivity contribution in [1.29, 1.82) is 0 Å². The first kappa shape index (κ1) is 20.3. The lowest BCUT2D eigenvalue weighted by Crippen LogP contribution is -2.63. The summed E-state index contributed by atoms with van der Waals surface area (Å²) in [7, 11) is 0. The van der Waals surface area contributed by atoms with Crippen molar-refractivity contribution in [3.63, 3.8) is 0 Å². The summed E-state index contributed by atoms with van der Waals surface area (Å²) < 4.78 is 0. The number of alkyl halides is 1. The summed E-state index contributed by atoms with van der Waals surface area (Å²) in [6, 6.07) is 0. The van der Waals surface area contributed by atoms with Crippen molar-refractivity contribution in [3.8, 4) is 0 Å². The summed E-state index contributed by atoms with van der Waals surface area (Å²) in [6.45, 7) is 6.40. The molecule has 0 saturated heterocycles. The van der Waals surface area contributed by atoms with E-state index in [-0.39, 0.29) is 40.4 Å². The van der Waals surface area contributed by atoms with Crippen LogP contribution in [-0.4, -0.2) is 44.2 Å². The van der Waals surface area contributed by atoms with Crippen LogP contribution in [-0.2, 0) is 4.79 Å². The Kier molecular flexibility index (Phi) is 4.90. The molecule has 4 nitrogen and oxygen atoms in total. The minimum Gasteiger partial charge on any atom is -0.393 e. The summed E-state index contributed by atoms with van der Waals surface area (Å²) in [5, 5.41) is 33.3. The van der Waals surface area contributed by atoms with Crippen LogP contribution in [0.15, 0.2) is 0 Å². The second-order valence-corrected chi connectivity index (χ2v) is 11.2. The van der Waals surface area contributed by atoms with E-state index in [1.807, 2.05) is 6.92 Å². The first-order valence-electron chi connectivity index (χ1n) is 10.8. The lowest BCUT2D eigenvalue weighted by Gasteiger charge is -2.62. The first-order valence-corrected chi connectivity index (χ1v) is 11.9. The highest BCUT2D eigenvalue weighted by Gasteiger charge is 2.70. The van der Waals surface area contributed by atoms with Gasteiger partial charge in [-0.1, -0.05) is 36.7 Å². The average molecular weight is 443 g/mol. The zero-order chi connectivity index (χ0) is 19.8. The summed E-state index contributed by atoms with van der Waals surface area (Å²) in [5.41, 5.74) is -1.85. The van der Waals surface area contributed by atoms with E-state index in [2.05, 4.69) is 29.8 Å². The summed E-state index contributed by atoms with van der Waals surface area (Å²) in [5.74, 6) is 1.11. The van der Waals surface area contributed by atoms with Crippen LogP contribution in [0.1, 0.15) is 65.7 Å². The van der Waals surface area contributed by atoms with E-state index < -0.39 is 17.1 Å². The summed E-state index contributed by atoms with van der Waals surface area (Å²) in [4.78, 5) is 12.8. The standard InChI is InChI=1S/C22H35BrO4/c1-12-8-16-15-5-4-13-9-14(24)6-7-20(13,2)19(15)17(25)10-21(16,3)22(12,27)18(26)11-23/h12-17,19,24-25,27H,4-11H2,1-3H3/t12-,13+,14+,15+,16+,17-,19-,20+,21+,22+/m1/s1. The smallest absolute Gasteiger partial charge is 0.175 e. The van der Waals surface area contributed by atoms with Crippen LogP contribution in [0.3, 0.4) is 0 Å². The highest BCUT2D eigenvalue weighted by Crippen LogP contribution is 2.69. The first-order chi connectivity index (χ1) is 12.6. The van der Waals surface area contributed by atoms with E-state index in [1.165, 1.54) is 0 Å². The highest BCUT2D eigenvalue weighted by atomic mass is 79.9. The van der Waals surface area contributed by atoms with Gasteiger partial charge < -0.3 is 15.3 Å². The quantitative estimate of drug-likeness (QED) is 0.573. The van der Waals surface area contributed by atoms with Crippen molar-refractivity contribution in [2.75, 3.05) is 5.33 Å². The Balaban J connectivity index is 1.72. The molecule has 0 aliphatic heterocycles. The van der Waals surface area contributed by atoms with Gasteiger partial charge in [0.05, 0.1) is 17.5 Å². The number of fused-ring (bicyclic) bond motifs is 5. The number of Topliss-reactive ketones (excluding diaryl/α,β-unsaturated/α-hetero) is 1. The molecule has 0 aromatic rings. The van der Waals surface area contributed by atoms with Crippen molar-refractivity contribution < 1.29 is 20.1 Å². The number of aliphatic hydroxyl groups excluding tert-OH is 2. The van der Waals surface area contributed by atoms with Crippen LogP contribution >= 0.6 is 15.9 Å². The normalized spacial score (nSPS) is 57.5. The molecule has 4 saturated carbocycles. The van der Waals surface area contributed by atoms with Gasteiger partial charge in [-0.2, -0.15) is 0 Å². The van der Waals surface area contributed by atoms with E-state index in [1.54, 1.807) is 0 Å². The van der Waals surface area contributed by atoms with Gasteiger partial charge in [0.1, 0.15) is 5.60 Å². The fourth-order valence-corrected chi connectivity index (χ4v) is 8.82. The number of rotatable bonds is 2. The molecule has 5 heteroatoms. The number of halogens is 1. The molecule has 0 aromatic heterocycles. The van der Waals surface area contributed by atoms with E-state index in [0.717, 1.165) is 38.5 Å². The number of hydrogen-bond acceptors (Lipinski definition) is 4. The molecule has 4 rings (SSSR count). The van der Waals surface area contributed by atoms with E-state index in [9.17, 15) is 20.1 Å². The largest absolute Gasteiger partial charge is 0.393 e.